The fourth-order valence-electron chi connectivity index (χ4n) is 3.28. The van der Waals surface area contributed by atoms with Crippen LogP contribution in [0.25, 0.3) is 11.3 Å². The molecule has 1 aliphatic rings. The summed E-state index contributed by atoms with van der Waals surface area (Å²) in [6.45, 7) is 0. The molecule has 1 fully saturated rings. The fraction of sp³-hybridized carbons (Fsp3) is 0.444. The number of nitrogens with one attached hydrogen (secondary N) is 1. The van der Waals surface area contributed by atoms with E-state index in [-0.39, 0.29) is 0 Å². The van der Waals surface area contributed by atoms with Gasteiger partial charge in [-0.2, -0.15) is 0 Å². The Morgan fingerprint density at radius 1 is 1.19 bits per heavy atom. The topological polar surface area (TPSA) is 25.0 Å². The quantitative estimate of drug-likeness (QED) is 0.773. The van der Waals surface area contributed by atoms with Crippen LogP contribution < -0.4 is 4.74 Å². The first kappa shape index (κ1) is 14.6. The Morgan fingerprint density at radius 3 is 2.52 bits per heavy atom. The van der Waals surface area contributed by atoms with Gasteiger partial charge in [-0.3, -0.25) is 0 Å². The van der Waals surface area contributed by atoms with E-state index in [4.69, 9.17) is 4.74 Å². The highest BCUT2D eigenvalue weighted by molar-refractivity contribution is 7.98. The van der Waals surface area contributed by atoms with Crippen LogP contribution in [-0.2, 0) is 6.42 Å². The molecule has 1 aromatic heterocycles. The van der Waals surface area contributed by atoms with E-state index in [0.717, 1.165) is 11.7 Å². The molecule has 0 aliphatic heterocycles. The minimum Gasteiger partial charge on any atom is -0.497 e. The summed E-state index contributed by atoms with van der Waals surface area (Å²) in [6, 6.07) is 10.7. The lowest BCUT2D eigenvalue weighted by Gasteiger charge is -2.10. The molecule has 0 atom stereocenters. The molecule has 0 bridgehead atoms. The minimum atomic E-state index is 0.868. The first-order chi connectivity index (χ1) is 10.3. The van der Waals surface area contributed by atoms with Gasteiger partial charge in [0.2, 0.25) is 0 Å². The number of rotatable bonds is 5. The molecule has 2 aromatic rings. The summed E-state index contributed by atoms with van der Waals surface area (Å²) in [5.74, 6) is 1.78. The van der Waals surface area contributed by atoms with Gasteiger partial charge in [-0.1, -0.05) is 25.7 Å². The second kappa shape index (κ2) is 6.61. The third-order valence-corrected chi connectivity index (χ3v) is 5.12. The van der Waals surface area contributed by atoms with Crippen LogP contribution >= 0.6 is 11.8 Å². The zero-order chi connectivity index (χ0) is 14.7. The molecule has 0 spiro atoms. The largest absolute Gasteiger partial charge is 0.497 e. The number of H-pyrrole nitrogens is 1. The molecule has 3 heteroatoms. The minimum absolute atomic E-state index is 0.868. The lowest BCUT2D eigenvalue weighted by molar-refractivity contribution is 0.415. The molecule has 0 unspecified atom stereocenters. The maximum Gasteiger partial charge on any atom is 0.118 e. The average molecular weight is 301 g/mol. The van der Waals surface area contributed by atoms with Crippen molar-refractivity contribution in [1.29, 1.82) is 0 Å². The Bertz CT molecular complexity index is 582. The fourth-order valence-corrected chi connectivity index (χ4v) is 3.75. The smallest absolute Gasteiger partial charge is 0.118 e. The molecule has 21 heavy (non-hydrogen) atoms. The van der Waals surface area contributed by atoms with Crippen molar-refractivity contribution in [2.45, 2.75) is 37.1 Å². The van der Waals surface area contributed by atoms with E-state index >= 15 is 0 Å². The van der Waals surface area contributed by atoms with Crippen molar-refractivity contribution in [2.24, 2.45) is 5.92 Å². The summed E-state index contributed by atoms with van der Waals surface area (Å²) >= 11 is 1.78. The molecule has 1 heterocycles. The lowest BCUT2D eigenvalue weighted by Crippen LogP contribution is -1.99. The van der Waals surface area contributed by atoms with Gasteiger partial charge in [0.15, 0.2) is 0 Å². The number of ether oxygens (including phenoxy) is 1. The van der Waals surface area contributed by atoms with Crippen LogP contribution in [0.1, 0.15) is 31.2 Å². The molecule has 1 aliphatic carbocycles. The van der Waals surface area contributed by atoms with Crippen molar-refractivity contribution in [1.82, 2.24) is 4.98 Å². The SMILES string of the molecule is COc1ccc(-c2[nH]c(SC)cc2CC2CCCC2)cc1. The molecular weight excluding hydrogens is 278 g/mol. The van der Waals surface area contributed by atoms with Gasteiger partial charge in [0, 0.05) is 5.69 Å². The Kier molecular flexibility index (Phi) is 4.59. The molecule has 1 aromatic carbocycles. The van der Waals surface area contributed by atoms with Crippen molar-refractivity contribution in [3.05, 3.63) is 35.9 Å². The number of benzene rings is 1. The molecule has 0 amide bonds. The number of aromatic nitrogens is 1. The molecule has 3 rings (SSSR count). The van der Waals surface area contributed by atoms with Gasteiger partial charge in [-0.15, -0.1) is 11.8 Å². The van der Waals surface area contributed by atoms with E-state index in [1.807, 2.05) is 12.1 Å². The highest BCUT2D eigenvalue weighted by Crippen LogP contribution is 2.34. The number of aromatic amines is 1. The molecule has 2 nitrogen and oxygen atoms in total. The van der Waals surface area contributed by atoms with Crippen LogP contribution in [0.5, 0.6) is 5.75 Å². The van der Waals surface area contributed by atoms with E-state index in [1.165, 1.54) is 54.0 Å². The van der Waals surface area contributed by atoms with Crippen LogP contribution in [0.3, 0.4) is 0 Å². The Balaban J connectivity index is 1.89. The van der Waals surface area contributed by atoms with Gasteiger partial charge >= 0.3 is 0 Å². The number of hydrogen-bond donors (Lipinski definition) is 1. The van der Waals surface area contributed by atoms with Crippen molar-refractivity contribution in [3.63, 3.8) is 0 Å². The summed E-state index contributed by atoms with van der Waals surface area (Å²) in [6.07, 6.45) is 8.93. The highest BCUT2D eigenvalue weighted by atomic mass is 32.2. The predicted octanol–water partition coefficient (Wildman–Crippen LogP) is 5.14. The van der Waals surface area contributed by atoms with Gasteiger partial charge in [0.1, 0.15) is 5.75 Å². The molecule has 0 radical (unpaired) electrons. The predicted molar refractivity (Wildman–Crippen MR) is 90.2 cm³/mol. The van der Waals surface area contributed by atoms with E-state index in [0.29, 0.717) is 0 Å². The lowest BCUT2D eigenvalue weighted by atomic mass is 9.96. The molecule has 1 saturated carbocycles. The highest BCUT2D eigenvalue weighted by Gasteiger charge is 2.19. The van der Waals surface area contributed by atoms with Gasteiger partial charge < -0.3 is 9.72 Å². The van der Waals surface area contributed by atoms with Crippen molar-refractivity contribution in [2.75, 3.05) is 13.4 Å². The van der Waals surface area contributed by atoms with Gasteiger partial charge in [0.25, 0.3) is 0 Å². The zero-order valence-corrected chi connectivity index (χ0v) is 13.6. The Morgan fingerprint density at radius 2 is 1.90 bits per heavy atom. The maximum atomic E-state index is 5.25. The molecule has 112 valence electrons. The molecular formula is C18H23NOS. The van der Waals surface area contributed by atoms with Crippen LogP contribution in [-0.4, -0.2) is 18.3 Å². The maximum absolute atomic E-state index is 5.25. The van der Waals surface area contributed by atoms with Gasteiger partial charge in [-0.25, -0.2) is 0 Å². The number of thioether (sulfide) groups is 1. The third-order valence-electron chi connectivity index (χ3n) is 4.46. The summed E-state index contributed by atoms with van der Waals surface area (Å²) in [4.78, 5) is 3.58. The van der Waals surface area contributed by atoms with E-state index in [2.05, 4.69) is 29.4 Å². The van der Waals surface area contributed by atoms with Crippen LogP contribution in [0.2, 0.25) is 0 Å². The second-order valence-electron chi connectivity index (χ2n) is 5.82. The van der Waals surface area contributed by atoms with E-state index in [1.54, 1.807) is 18.9 Å². The summed E-state index contributed by atoms with van der Waals surface area (Å²) < 4.78 is 5.25. The molecule has 0 saturated heterocycles. The summed E-state index contributed by atoms with van der Waals surface area (Å²) in [5, 5.41) is 1.26. The van der Waals surface area contributed by atoms with Crippen molar-refractivity contribution >= 4 is 11.8 Å². The number of methoxy groups -OCH3 is 1. The van der Waals surface area contributed by atoms with Gasteiger partial charge in [-0.05, 0) is 60.1 Å². The van der Waals surface area contributed by atoms with Crippen LogP contribution in [0.4, 0.5) is 0 Å². The second-order valence-corrected chi connectivity index (χ2v) is 6.67. The normalized spacial score (nSPS) is 15.5. The van der Waals surface area contributed by atoms with Crippen molar-refractivity contribution in [3.8, 4) is 17.0 Å². The van der Waals surface area contributed by atoms with Crippen LogP contribution in [0.15, 0.2) is 35.4 Å². The summed E-state index contributed by atoms with van der Waals surface area (Å²) in [5.41, 5.74) is 4.01. The third kappa shape index (κ3) is 3.29. The van der Waals surface area contributed by atoms with E-state index < -0.39 is 0 Å². The first-order valence-corrected chi connectivity index (χ1v) is 8.93. The van der Waals surface area contributed by atoms with Crippen LogP contribution in [0, 0.1) is 5.92 Å². The number of hydrogen-bond acceptors (Lipinski definition) is 2. The van der Waals surface area contributed by atoms with Gasteiger partial charge in [0.05, 0.1) is 12.1 Å². The van der Waals surface area contributed by atoms with E-state index in [9.17, 15) is 0 Å². The zero-order valence-electron chi connectivity index (χ0n) is 12.8. The molecule has 1 N–H and O–H groups in total. The van der Waals surface area contributed by atoms with Crippen molar-refractivity contribution < 1.29 is 4.74 Å². The average Bonchev–Trinajstić information content (AvgIpc) is 3.17. The standard InChI is InChI=1S/C18H23NOS/c1-20-16-9-7-14(8-10-16)18-15(12-17(19-18)21-2)11-13-5-3-4-6-13/h7-10,12-13,19H,3-6,11H2,1-2H3. The Hall–Kier alpha value is -1.35. The summed E-state index contributed by atoms with van der Waals surface area (Å²) in [7, 11) is 1.71. The first-order valence-electron chi connectivity index (χ1n) is 7.70. The Labute approximate surface area is 131 Å². The monoisotopic (exact) mass is 301 g/mol.